The first-order chi connectivity index (χ1) is 19.8. The second kappa shape index (κ2) is 18.3. The Morgan fingerprint density at radius 3 is 2.02 bits per heavy atom. The predicted octanol–water partition coefficient (Wildman–Crippen LogP) is 6.83. The van der Waals surface area contributed by atoms with Crippen molar-refractivity contribution in [2.75, 3.05) is 14.1 Å². The maximum atomic E-state index is 12.1. The van der Waals surface area contributed by atoms with Crippen LogP contribution >= 0.6 is 11.6 Å². The summed E-state index contributed by atoms with van der Waals surface area (Å²) in [5.41, 5.74) is 0.723. The molecule has 1 fully saturated rings. The molecule has 0 saturated heterocycles. The van der Waals surface area contributed by atoms with Gasteiger partial charge in [-0.3, -0.25) is 14.6 Å². The molecule has 0 radical (unpaired) electrons. The number of hydrogen-bond donors (Lipinski definition) is 1. The van der Waals surface area contributed by atoms with Crippen LogP contribution in [0.25, 0.3) is 0 Å². The number of aliphatic carboxylic acids is 1. The van der Waals surface area contributed by atoms with E-state index in [0.29, 0.717) is 11.6 Å². The minimum absolute atomic E-state index is 0.0712. The van der Waals surface area contributed by atoms with Crippen molar-refractivity contribution in [1.82, 2.24) is 19.4 Å². The summed E-state index contributed by atoms with van der Waals surface area (Å²) in [5.74, 6) is 1.27. The largest absolute Gasteiger partial charge is 0.480 e. The maximum absolute atomic E-state index is 12.1. The van der Waals surface area contributed by atoms with E-state index in [1.165, 1.54) is 17.7 Å². The van der Waals surface area contributed by atoms with Gasteiger partial charge in [-0.2, -0.15) is 0 Å². The Bertz CT molecular complexity index is 1050. The number of amides is 2. The Balaban J connectivity index is 0.000000317. The fraction of sp³-hybridized carbons (Fsp3) is 0.781. The van der Waals surface area contributed by atoms with Crippen molar-refractivity contribution in [1.29, 1.82) is 0 Å². The standard InChI is InChI=1S/C12H20N2O.C11H21NO3.C9H15ClN2/c1-3-4-7-10-13-12(8-5-6-9-12)11(15)14(10)2;1-5-6-7-9(13)12(4)10(8(2)3)11(14)15;1-4-5-6-8-11-9(10)7(2)12(8)3/h3-9H2,1-2H3;8,10H,5-7H2,1-4H3,(H,14,15);4-6H2,1-3H3/t;10-;/m.0./s1. The van der Waals surface area contributed by atoms with Crippen molar-refractivity contribution < 1.29 is 19.5 Å². The Hall–Kier alpha value is -2.42. The summed E-state index contributed by atoms with van der Waals surface area (Å²) in [6.07, 6.45) is 13.1. The SMILES string of the molecule is CCCCC(=O)N(C)[C@H](C(=O)O)C(C)C.CCCCC1=NC2(CCCC2)C(=O)N1C.CCCCc1nc(Cl)c(C)n1C. The highest BCUT2D eigenvalue weighted by atomic mass is 35.5. The average molecular weight is 610 g/mol. The highest BCUT2D eigenvalue weighted by Gasteiger charge is 2.48. The zero-order chi connectivity index (χ0) is 32.0. The second-order valence-corrected chi connectivity index (χ2v) is 12.3. The lowest BCUT2D eigenvalue weighted by molar-refractivity contribution is -0.151. The highest BCUT2D eigenvalue weighted by Crippen LogP contribution is 2.38. The Morgan fingerprint density at radius 1 is 1.02 bits per heavy atom. The molecule has 240 valence electrons. The molecule has 0 aromatic carbocycles. The number of rotatable bonds is 12. The van der Waals surface area contributed by atoms with Crippen molar-refractivity contribution >= 4 is 35.2 Å². The molecule has 42 heavy (non-hydrogen) atoms. The van der Waals surface area contributed by atoms with Gasteiger partial charge in [0, 0.05) is 40.4 Å². The molecular weight excluding hydrogens is 554 g/mol. The summed E-state index contributed by atoms with van der Waals surface area (Å²) < 4.78 is 2.07. The van der Waals surface area contributed by atoms with Gasteiger partial charge < -0.3 is 19.5 Å². The number of likely N-dealkylation sites (N-methyl/N-ethyl adjacent to an activating group) is 2. The number of nitrogens with zero attached hydrogens (tertiary/aromatic N) is 5. The molecule has 3 rings (SSSR count). The van der Waals surface area contributed by atoms with Gasteiger partial charge in [0.1, 0.15) is 28.4 Å². The number of carbonyl (C=O) groups is 3. The van der Waals surface area contributed by atoms with Crippen molar-refractivity contribution in [2.24, 2.45) is 18.0 Å². The van der Waals surface area contributed by atoms with E-state index < -0.39 is 12.0 Å². The quantitative estimate of drug-likeness (QED) is 0.279. The van der Waals surface area contributed by atoms with Crippen LogP contribution in [-0.2, 0) is 27.9 Å². The number of carboxylic acids is 1. The number of carboxylic acid groups (broad SMARTS) is 1. The zero-order valence-corrected chi connectivity index (χ0v) is 28.4. The molecule has 2 heterocycles. The van der Waals surface area contributed by atoms with E-state index in [-0.39, 0.29) is 23.3 Å². The lowest BCUT2D eigenvalue weighted by Crippen LogP contribution is -2.45. The Labute approximate surface area is 259 Å². The molecule has 2 aliphatic rings. The van der Waals surface area contributed by atoms with E-state index in [4.69, 9.17) is 21.7 Å². The minimum atomic E-state index is -0.933. The normalized spacial score (nSPS) is 16.1. The molecule has 2 amide bonds. The Kier molecular flexibility index (Phi) is 16.4. The summed E-state index contributed by atoms with van der Waals surface area (Å²) in [6.45, 7) is 12.0. The summed E-state index contributed by atoms with van der Waals surface area (Å²) in [6, 6.07) is -0.714. The predicted molar refractivity (Wildman–Crippen MR) is 171 cm³/mol. The number of carbonyl (C=O) groups excluding carboxylic acids is 2. The van der Waals surface area contributed by atoms with Gasteiger partial charge in [0.05, 0.1) is 5.69 Å². The molecule has 1 aliphatic carbocycles. The van der Waals surface area contributed by atoms with Crippen LogP contribution in [0.15, 0.2) is 4.99 Å². The van der Waals surface area contributed by atoms with Gasteiger partial charge in [-0.05, 0) is 44.9 Å². The van der Waals surface area contributed by atoms with E-state index in [1.54, 1.807) is 11.9 Å². The lowest BCUT2D eigenvalue weighted by Gasteiger charge is -2.27. The smallest absolute Gasteiger partial charge is 0.326 e. The fourth-order valence-electron chi connectivity index (χ4n) is 5.36. The van der Waals surface area contributed by atoms with E-state index in [2.05, 4.69) is 23.4 Å². The molecule has 0 bridgehead atoms. The number of unbranched alkanes of at least 4 members (excludes halogenated alkanes) is 3. The van der Waals surface area contributed by atoms with Gasteiger partial charge in [-0.1, -0.05) is 78.3 Å². The van der Waals surface area contributed by atoms with Crippen LogP contribution in [0.1, 0.15) is 123 Å². The van der Waals surface area contributed by atoms with Crippen LogP contribution in [0, 0.1) is 12.8 Å². The summed E-state index contributed by atoms with van der Waals surface area (Å²) in [7, 11) is 5.46. The zero-order valence-electron chi connectivity index (χ0n) is 27.6. The molecule has 1 aliphatic heterocycles. The lowest BCUT2D eigenvalue weighted by atomic mass is 9.98. The topological polar surface area (TPSA) is 108 Å². The average Bonchev–Trinajstić information content (AvgIpc) is 3.59. The minimum Gasteiger partial charge on any atom is -0.480 e. The first kappa shape index (κ1) is 37.6. The molecule has 1 N–H and O–H groups in total. The number of imidazole rings is 1. The van der Waals surface area contributed by atoms with Crippen LogP contribution in [0.3, 0.4) is 0 Å². The molecule has 9 nitrogen and oxygen atoms in total. The number of aromatic nitrogens is 2. The maximum Gasteiger partial charge on any atom is 0.326 e. The van der Waals surface area contributed by atoms with Crippen molar-refractivity contribution in [3.63, 3.8) is 0 Å². The van der Waals surface area contributed by atoms with Gasteiger partial charge in [0.15, 0.2) is 0 Å². The fourth-order valence-corrected chi connectivity index (χ4v) is 5.58. The van der Waals surface area contributed by atoms with Crippen molar-refractivity contribution in [3.8, 4) is 0 Å². The number of amidine groups is 1. The van der Waals surface area contributed by atoms with E-state index >= 15 is 0 Å². The van der Waals surface area contributed by atoms with Gasteiger partial charge in [0.25, 0.3) is 5.91 Å². The third-order valence-electron chi connectivity index (χ3n) is 8.23. The van der Waals surface area contributed by atoms with Crippen LogP contribution in [0.5, 0.6) is 0 Å². The molecule has 1 atom stereocenters. The summed E-state index contributed by atoms with van der Waals surface area (Å²) in [5, 5.41) is 9.64. The second-order valence-electron chi connectivity index (χ2n) is 11.9. The van der Waals surface area contributed by atoms with Gasteiger partial charge in [-0.15, -0.1) is 0 Å². The van der Waals surface area contributed by atoms with Crippen molar-refractivity contribution in [3.05, 3.63) is 16.7 Å². The van der Waals surface area contributed by atoms with E-state index in [0.717, 1.165) is 81.6 Å². The number of aryl methyl sites for hydroxylation is 1. The van der Waals surface area contributed by atoms with Gasteiger partial charge in [0.2, 0.25) is 5.91 Å². The van der Waals surface area contributed by atoms with Crippen LogP contribution in [0.2, 0.25) is 5.15 Å². The molecule has 1 aromatic rings. The molecule has 0 unspecified atom stereocenters. The van der Waals surface area contributed by atoms with Crippen LogP contribution < -0.4 is 0 Å². The third kappa shape index (κ3) is 10.4. The molecule has 1 saturated carbocycles. The molecular formula is C32H56ClN5O4. The van der Waals surface area contributed by atoms with Crippen LogP contribution in [-0.4, -0.2) is 73.8 Å². The number of halogens is 1. The van der Waals surface area contributed by atoms with E-state index in [1.807, 2.05) is 41.8 Å². The van der Waals surface area contributed by atoms with Gasteiger partial charge in [-0.25, -0.2) is 9.78 Å². The van der Waals surface area contributed by atoms with Gasteiger partial charge >= 0.3 is 5.97 Å². The van der Waals surface area contributed by atoms with Crippen LogP contribution in [0.4, 0.5) is 0 Å². The van der Waals surface area contributed by atoms with Crippen molar-refractivity contribution in [2.45, 2.75) is 137 Å². The first-order valence-electron chi connectivity index (χ1n) is 15.8. The Morgan fingerprint density at radius 2 is 1.57 bits per heavy atom. The summed E-state index contributed by atoms with van der Waals surface area (Å²) >= 11 is 5.88. The highest BCUT2D eigenvalue weighted by molar-refractivity contribution is 6.30. The first-order valence-corrected chi connectivity index (χ1v) is 16.2. The monoisotopic (exact) mass is 609 g/mol. The number of hydrogen-bond acceptors (Lipinski definition) is 5. The van der Waals surface area contributed by atoms with E-state index in [9.17, 15) is 14.4 Å². The number of aliphatic imine (C=N–C) groups is 1. The third-order valence-corrected chi connectivity index (χ3v) is 8.58. The molecule has 1 spiro atoms. The summed E-state index contributed by atoms with van der Waals surface area (Å²) in [4.78, 5) is 46.8. The molecule has 10 heteroatoms. The molecule has 1 aromatic heterocycles.